The van der Waals surface area contributed by atoms with Gasteiger partial charge in [0.05, 0.1) is 5.69 Å². The number of amidine groups is 1. The zero-order valence-corrected chi connectivity index (χ0v) is 11.0. The molecule has 5 nitrogen and oxygen atoms in total. The number of oxime groups is 1. The first-order valence-electron chi connectivity index (χ1n) is 6.03. The van der Waals surface area contributed by atoms with Crippen LogP contribution in [0.3, 0.4) is 0 Å². The molecule has 0 aliphatic heterocycles. The summed E-state index contributed by atoms with van der Waals surface area (Å²) in [5, 5.41) is 14.5. The third-order valence-corrected chi connectivity index (χ3v) is 2.80. The van der Waals surface area contributed by atoms with Crippen LogP contribution in [0, 0.1) is 12.7 Å². The summed E-state index contributed by atoms with van der Waals surface area (Å²) in [6.45, 7) is 2.24. The van der Waals surface area contributed by atoms with Gasteiger partial charge in [-0.25, -0.2) is 4.39 Å². The summed E-state index contributed by atoms with van der Waals surface area (Å²) in [4.78, 5) is 3.98. The first kappa shape index (κ1) is 13.8. The molecule has 0 saturated heterocycles. The Balaban J connectivity index is 2.11. The molecule has 104 valence electrons. The van der Waals surface area contributed by atoms with Crippen molar-refractivity contribution in [1.82, 2.24) is 4.98 Å². The third-order valence-electron chi connectivity index (χ3n) is 2.80. The summed E-state index contributed by atoms with van der Waals surface area (Å²) in [6, 6.07) is 8.44. The van der Waals surface area contributed by atoms with E-state index in [2.05, 4.69) is 15.5 Å². The van der Waals surface area contributed by atoms with E-state index in [1.54, 1.807) is 24.4 Å². The lowest BCUT2D eigenvalue weighted by Gasteiger charge is -2.09. The minimum absolute atomic E-state index is 0.0617. The van der Waals surface area contributed by atoms with E-state index in [1.165, 1.54) is 6.07 Å². The van der Waals surface area contributed by atoms with Gasteiger partial charge in [-0.1, -0.05) is 11.2 Å². The second kappa shape index (κ2) is 6.01. The quantitative estimate of drug-likeness (QED) is 0.345. The number of nitrogens with zero attached hydrogens (tertiary/aromatic N) is 2. The Bertz CT molecular complexity index is 643. The van der Waals surface area contributed by atoms with Crippen LogP contribution < -0.4 is 11.1 Å². The molecule has 6 heteroatoms. The molecule has 1 heterocycles. The van der Waals surface area contributed by atoms with Gasteiger partial charge in [-0.3, -0.25) is 4.98 Å². The van der Waals surface area contributed by atoms with Crippen LogP contribution in [0.15, 0.2) is 41.7 Å². The van der Waals surface area contributed by atoms with Crippen molar-refractivity contribution in [3.8, 4) is 0 Å². The highest BCUT2D eigenvalue weighted by Gasteiger charge is 2.04. The maximum Gasteiger partial charge on any atom is 0.188 e. The number of anilines is 1. The van der Waals surface area contributed by atoms with E-state index < -0.39 is 0 Å². The van der Waals surface area contributed by atoms with Gasteiger partial charge in [0.15, 0.2) is 5.84 Å². The fourth-order valence-electron chi connectivity index (χ4n) is 1.74. The zero-order chi connectivity index (χ0) is 14.5. The molecular weight excluding hydrogens is 259 g/mol. The second-order valence-corrected chi connectivity index (χ2v) is 4.37. The summed E-state index contributed by atoms with van der Waals surface area (Å²) in [6.07, 6.45) is 1.55. The van der Waals surface area contributed by atoms with E-state index in [0.29, 0.717) is 17.9 Å². The second-order valence-electron chi connectivity index (χ2n) is 4.37. The van der Waals surface area contributed by atoms with Crippen LogP contribution in [0.2, 0.25) is 0 Å². The molecule has 0 spiro atoms. The van der Waals surface area contributed by atoms with Crippen molar-refractivity contribution in [2.45, 2.75) is 13.5 Å². The number of rotatable bonds is 4. The van der Waals surface area contributed by atoms with Crippen molar-refractivity contribution in [2.75, 3.05) is 5.32 Å². The Hall–Kier alpha value is -2.63. The van der Waals surface area contributed by atoms with Crippen molar-refractivity contribution in [1.29, 1.82) is 0 Å². The summed E-state index contributed by atoms with van der Waals surface area (Å²) >= 11 is 0. The number of nitrogens with one attached hydrogen (secondary N) is 1. The van der Waals surface area contributed by atoms with Gasteiger partial charge in [0.2, 0.25) is 0 Å². The van der Waals surface area contributed by atoms with Crippen LogP contribution in [-0.2, 0) is 6.54 Å². The number of halogens is 1. The summed E-state index contributed by atoms with van der Waals surface area (Å²) in [5.74, 6) is -0.357. The van der Waals surface area contributed by atoms with Crippen molar-refractivity contribution in [3.63, 3.8) is 0 Å². The average Bonchev–Trinajstić information content (AvgIpc) is 2.46. The molecule has 2 rings (SSSR count). The van der Waals surface area contributed by atoms with E-state index in [9.17, 15) is 4.39 Å². The number of aryl methyl sites for hydroxylation is 1. The summed E-state index contributed by atoms with van der Waals surface area (Å²) in [7, 11) is 0. The van der Waals surface area contributed by atoms with Gasteiger partial charge in [-0.2, -0.15) is 0 Å². The van der Waals surface area contributed by atoms with E-state index in [0.717, 1.165) is 11.1 Å². The van der Waals surface area contributed by atoms with E-state index in [-0.39, 0.29) is 11.7 Å². The van der Waals surface area contributed by atoms with E-state index >= 15 is 0 Å². The predicted octanol–water partition coefficient (Wildman–Crippen LogP) is 2.24. The fourth-order valence-corrected chi connectivity index (χ4v) is 1.74. The maximum atomic E-state index is 13.7. The minimum atomic E-state index is -0.296. The van der Waals surface area contributed by atoms with Crippen LogP contribution >= 0.6 is 0 Å². The Kier molecular flexibility index (Phi) is 4.14. The van der Waals surface area contributed by atoms with Gasteiger partial charge in [-0.15, -0.1) is 0 Å². The number of hydrogen-bond acceptors (Lipinski definition) is 4. The Morgan fingerprint density at radius 3 is 2.90 bits per heavy atom. The molecule has 0 fully saturated rings. The zero-order valence-electron chi connectivity index (χ0n) is 11.0. The standard InChI is InChI=1S/C14H15FN4O/c1-9-2-3-12(11(15)6-9)18-8-10-4-5-17-13(7-10)14(16)19-20/h2-7,18,20H,8H2,1H3,(H2,16,19). The fraction of sp³-hybridized carbons (Fsp3) is 0.143. The number of hydrogen-bond donors (Lipinski definition) is 3. The van der Waals surface area contributed by atoms with Crippen LogP contribution in [0.25, 0.3) is 0 Å². The summed E-state index contributed by atoms with van der Waals surface area (Å²) in [5.41, 5.74) is 7.98. The van der Waals surface area contributed by atoms with Gasteiger partial charge in [0.25, 0.3) is 0 Å². The van der Waals surface area contributed by atoms with Crippen LogP contribution in [0.1, 0.15) is 16.8 Å². The van der Waals surface area contributed by atoms with E-state index in [1.807, 2.05) is 13.0 Å². The predicted molar refractivity (Wildman–Crippen MR) is 75.2 cm³/mol. The number of pyridine rings is 1. The molecule has 0 aliphatic rings. The Morgan fingerprint density at radius 2 is 2.20 bits per heavy atom. The molecule has 4 N–H and O–H groups in total. The molecule has 1 aromatic heterocycles. The monoisotopic (exact) mass is 274 g/mol. The van der Waals surface area contributed by atoms with Crippen molar-refractivity contribution < 1.29 is 9.60 Å². The molecule has 2 aromatic rings. The number of aromatic nitrogens is 1. The highest BCUT2D eigenvalue weighted by molar-refractivity contribution is 5.95. The molecular formula is C14H15FN4O. The van der Waals surface area contributed by atoms with Crippen molar-refractivity contribution in [3.05, 3.63) is 59.2 Å². The topological polar surface area (TPSA) is 83.5 Å². The summed E-state index contributed by atoms with van der Waals surface area (Å²) < 4.78 is 13.7. The normalized spacial score (nSPS) is 11.4. The molecule has 0 radical (unpaired) electrons. The molecule has 0 atom stereocenters. The van der Waals surface area contributed by atoms with Gasteiger partial charge in [0.1, 0.15) is 11.5 Å². The average molecular weight is 274 g/mol. The molecule has 0 unspecified atom stereocenters. The Labute approximate surface area is 116 Å². The van der Waals surface area contributed by atoms with Gasteiger partial charge in [-0.05, 0) is 42.3 Å². The van der Waals surface area contributed by atoms with Crippen molar-refractivity contribution >= 4 is 11.5 Å². The third kappa shape index (κ3) is 3.23. The number of nitrogens with two attached hydrogens (primary N) is 1. The molecule has 20 heavy (non-hydrogen) atoms. The van der Waals surface area contributed by atoms with Crippen LogP contribution in [-0.4, -0.2) is 16.0 Å². The van der Waals surface area contributed by atoms with Gasteiger partial charge < -0.3 is 16.3 Å². The Morgan fingerprint density at radius 1 is 1.40 bits per heavy atom. The first-order valence-corrected chi connectivity index (χ1v) is 6.03. The van der Waals surface area contributed by atoms with Gasteiger partial charge in [0, 0.05) is 12.7 Å². The lowest BCUT2D eigenvalue weighted by molar-refractivity contribution is 0.318. The first-order chi connectivity index (χ1) is 9.60. The highest BCUT2D eigenvalue weighted by atomic mass is 19.1. The number of benzene rings is 1. The van der Waals surface area contributed by atoms with Crippen LogP contribution in [0.5, 0.6) is 0 Å². The minimum Gasteiger partial charge on any atom is -0.409 e. The molecule has 0 aliphatic carbocycles. The molecule has 1 aromatic carbocycles. The largest absolute Gasteiger partial charge is 0.409 e. The smallest absolute Gasteiger partial charge is 0.188 e. The molecule has 0 bridgehead atoms. The molecule has 0 amide bonds. The van der Waals surface area contributed by atoms with Gasteiger partial charge >= 0.3 is 0 Å². The maximum absolute atomic E-state index is 13.7. The SMILES string of the molecule is Cc1ccc(NCc2ccnc(C(N)=NO)c2)c(F)c1. The lowest BCUT2D eigenvalue weighted by Crippen LogP contribution is -2.15. The lowest BCUT2D eigenvalue weighted by atomic mass is 10.2. The van der Waals surface area contributed by atoms with Crippen LogP contribution in [0.4, 0.5) is 10.1 Å². The molecule has 0 saturated carbocycles. The van der Waals surface area contributed by atoms with E-state index in [4.69, 9.17) is 10.9 Å². The van der Waals surface area contributed by atoms with Crippen molar-refractivity contribution in [2.24, 2.45) is 10.9 Å². The highest BCUT2D eigenvalue weighted by Crippen LogP contribution is 2.16.